The first-order valence-corrected chi connectivity index (χ1v) is 10.9. The second-order valence-corrected chi connectivity index (χ2v) is 9.14. The average Bonchev–Trinajstić information content (AvgIpc) is 3.52. The molecule has 1 aliphatic heterocycles. The van der Waals surface area contributed by atoms with Crippen LogP contribution in [0.2, 0.25) is 5.02 Å². The molecule has 8 heteroatoms. The van der Waals surface area contributed by atoms with Crippen LogP contribution in [0.1, 0.15) is 26.5 Å². The third kappa shape index (κ3) is 2.92. The van der Waals surface area contributed by atoms with Crippen LogP contribution in [-0.2, 0) is 9.59 Å². The lowest BCUT2D eigenvalue weighted by Crippen LogP contribution is -2.52. The molecular weight excluding hydrogens is 424 g/mol. The molecular formula is C22H17ClN2O4S. The number of hydrogen-bond acceptors (Lipinski definition) is 5. The summed E-state index contributed by atoms with van der Waals surface area (Å²) in [6.07, 6.45) is 4.77. The van der Waals surface area contributed by atoms with Crippen molar-refractivity contribution in [2.75, 3.05) is 6.54 Å². The molecule has 30 heavy (non-hydrogen) atoms. The number of fused-ring (bicyclic) bond motifs is 5. The fourth-order valence-electron chi connectivity index (χ4n) is 4.75. The Balaban J connectivity index is 1.50. The zero-order chi connectivity index (χ0) is 21.0. The maximum absolute atomic E-state index is 13.3. The highest BCUT2D eigenvalue weighted by Crippen LogP contribution is 2.52. The molecule has 1 saturated heterocycles. The van der Waals surface area contributed by atoms with Crippen molar-refractivity contribution in [2.45, 2.75) is 6.42 Å². The predicted molar refractivity (Wildman–Crippen MR) is 111 cm³/mol. The van der Waals surface area contributed by atoms with E-state index in [0.29, 0.717) is 9.90 Å². The van der Waals surface area contributed by atoms with Crippen molar-refractivity contribution in [2.24, 2.45) is 23.7 Å². The van der Waals surface area contributed by atoms with Gasteiger partial charge in [0, 0.05) is 10.6 Å². The maximum Gasteiger partial charge on any atom is 0.273 e. The number of benzene rings is 1. The zero-order valence-electron chi connectivity index (χ0n) is 15.7. The second-order valence-electron chi connectivity index (χ2n) is 7.76. The van der Waals surface area contributed by atoms with Crippen molar-refractivity contribution in [1.29, 1.82) is 0 Å². The number of rotatable bonds is 5. The van der Waals surface area contributed by atoms with E-state index in [1.807, 2.05) is 12.2 Å². The Labute approximate surface area is 181 Å². The molecule has 152 valence electrons. The van der Waals surface area contributed by atoms with Gasteiger partial charge in [0.05, 0.1) is 16.7 Å². The number of thiophene rings is 1. The van der Waals surface area contributed by atoms with Crippen LogP contribution < -0.4 is 0 Å². The van der Waals surface area contributed by atoms with Gasteiger partial charge in [0.25, 0.3) is 17.7 Å². The summed E-state index contributed by atoms with van der Waals surface area (Å²) in [6, 6.07) is 9.55. The lowest BCUT2D eigenvalue weighted by atomic mass is 9.85. The Bertz CT molecular complexity index is 1050. The fraction of sp³-hybridized carbons (Fsp3) is 0.273. The van der Waals surface area contributed by atoms with Crippen molar-refractivity contribution in [1.82, 2.24) is 10.0 Å². The first-order chi connectivity index (χ1) is 14.5. The summed E-state index contributed by atoms with van der Waals surface area (Å²) in [5.74, 6) is -2.59. The lowest BCUT2D eigenvalue weighted by Gasteiger charge is -2.30. The normalized spacial score (nSPS) is 26.4. The van der Waals surface area contributed by atoms with E-state index in [1.165, 1.54) is 23.5 Å². The lowest BCUT2D eigenvalue weighted by molar-refractivity contribution is -0.154. The van der Waals surface area contributed by atoms with Gasteiger partial charge in [-0.1, -0.05) is 29.8 Å². The molecule has 3 aliphatic rings. The van der Waals surface area contributed by atoms with E-state index < -0.39 is 29.6 Å². The highest BCUT2D eigenvalue weighted by molar-refractivity contribution is 7.12. The number of allylic oxidation sites excluding steroid dienone is 2. The van der Waals surface area contributed by atoms with Crippen LogP contribution in [0.5, 0.6) is 0 Å². The molecule has 2 bridgehead atoms. The fourth-order valence-corrected chi connectivity index (χ4v) is 5.53. The molecule has 3 amide bonds. The van der Waals surface area contributed by atoms with Gasteiger partial charge in [-0.25, -0.2) is 5.01 Å². The van der Waals surface area contributed by atoms with Crippen LogP contribution in [0, 0.1) is 23.7 Å². The van der Waals surface area contributed by atoms with Gasteiger partial charge >= 0.3 is 0 Å². The Kier molecular flexibility index (Phi) is 4.60. The van der Waals surface area contributed by atoms with Crippen LogP contribution in [0.15, 0.2) is 53.9 Å². The van der Waals surface area contributed by atoms with Crippen molar-refractivity contribution < 1.29 is 19.2 Å². The molecule has 0 spiro atoms. The Morgan fingerprint density at radius 3 is 2.23 bits per heavy atom. The first kappa shape index (κ1) is 19.2. The molecule has 1 aromatic heterocycles. The molecule has 1 aromatic carbocycles. The van der Waals surface area contributed by atoms with E-state index in [4.69, 9.17) is 11.6 Å². The standard InChI is InChI=1S/C22H17ClN2O4S/c23-15-7-5-12(6-8-15)20(27)24(11-16(26)17-2-1-9-30-17)25-21(28)18-13-3-4-14(10-13)19(18)22(25)29/h1-9,13-14,18-19H,10-11H2/t13-,14-,18-,19-/m0/s1. The van der Waals surface area contributed by atoms with Gasteiger partial charge in [-0.05, 0) is 54.0 Å². The summed E-state index contributed by atoms with van der Waals surface area (Å²) in [7, 11) is 0. The quantitative estimate of drug-likeness (QED) is 0.405. The monoisotopic (exact) mass is 440 g/mol. The highest BCUT2D eigenvalue weighted by atomic mass is 35.5. The van der Waals surface area contributed by atoms with E-state index in [-0.39, 0.29) is 29.7 Å². The Hall–Kier alpha value is -2.77. The number of amides is 3. The molecule has 4 atom stereocenters. The van der Waals surface area contributed by atoms with Crippen LogP contribution >= 0.6 is 22.9 Å². The van der Waals surface area contributed by atoms with Crippen molar-refractivity contribution >= 4 is 46.4 Å². The molecule has 2 aromatic rings. The summed E-state index contributed by atoms with van der Waals surface area (Å²) < 4.78 is 0. The molecule has 2 fully saturated rings. The van der Waals surface area contributed by atoms with E-state index in [1.54, 1.807) is 29.6 Å². The van der Waals surface area contributed by atoms with Gasteiger partial charge in [-0.3, -0.25) is 19.2 Å². The molecule has 6 nitrogen and oxygen atoms in total. The molecule has 2 heterocycles. The van der Waals surface area contributed by atoms with Crippen molar-refractivity contribution in [3.05, 3.63) is 69.4 Å². The van der Waals surface area contributed by atoms with Gasteiger partial charge in [-0.2, -0.15) is 5.01 Å². The molecule has 5 rings (SSSR count). The molecule has 1 saturated carbocycles. The van der Waals surface area contributed by atoms with Crippen LogP contribution in [0.3, 0.4) is 0 Å². The van der Waals surface area contributed by atoms with Gasteiger partial charge in [0.15, 0.2) is 5.78 Å². The van der Waals surface area contributed by atoms with Crippen LogP contribution in [-0.4, -0.2) is 40.1 Å². The molecule has 2 aliphatic carbocycles. The van der Waals surface area contributed by atoms with E-state index in [2.05, 4.69) is 0 Å². The van der Waals surface area contributed by atoms with E-state index in [0.717, 1.165) is 16.4 Å². The topological polar surface area (TPSA) is 74.8 Å². The number of halogens is 1. The number of carbonyl (C=O) groups is 4. The van der Waals surface area contributed by atoms with Gasteiger partial charge in [0.2, 0.25) is 0 Å². The number of imide groups is 1. The highest BCUT2D eigenvalue weighted by Gasteiger charge is 2.61. The van der Waals surface area contributed by atoms with Crippen molar-refractivity contribution in [3.8, 4) is 0 Å². The van der Waals surface area contributed by atoms with E-state index >= 15 is 0 Å². The zero-order valence-corrected chi connectivity index (χ0v) is 17.3. The third-order valence-electron chi connectivity index (χ3n) is 6.10. The van der Waals surface area contributed by atoms with E-state index in [9.17, 15) is 19.2 Å². The Morgan fingerprint density at radius 1 is 1.03 bits per heavy atom. The first-order valence-electron chi connectivity index (χ1n) is 9.66. The molecule has 0 N–H and O–H groups in total. The number of ketones is 1. The Morgan fingerprint density at radius 2 is 1.67 bits per heavy atom. The smallest absolute Gasteiger partial charge is 0.273 e. The van der Waals surface area contributed by atoms with Crippen LogP contribution in [0.25, 0.3) is 0 Å². The SMILES string of the molecule is O=C(CN(C(=O)c1ccc(Cl)cc1)N1C(=O)[C@@H]2[C@@H](C1=O)[C@H]1C=C[C@H]2C1)c1cccs1. The maximum atomic E-state index is 13.3. The summed E-state index contributed by atoms with van der Waals surface area (Å²) in [5.41, 5.74) is 0.247. The number of nitrogens with zero attached hydrogens (tertiary/aromatic N) is 2. The van der Waals surface area contributed by atoms with Crippen molar-refractivity contribution in [3.63, 3.8) is 0 Å². The number of hydrogen-bond donors (Lipinski definition) is 0. The molecule has 0 unspecified atom stereocenters. The summed E-state index contributed by atoms with van der Waals surface area (Å²) in [6.45, 7) is -0.387. The average molecular weight is 441 g/mol. The van der Waals surface area contributed by atoms with Gasteiger partial charge < -0.3 is 0 Å². The summed E-state index contributed by atoms with van der Waals surface area (Å²) in [5, 5.41) is 4.15. The largest absolute Gasteiger partial charge is 0.291 e. The minimum absolute atomic E-state index is 0.0157. The van der Waals surface area contributed by atoms with Crippen LogP contribution in [0.4, 0.5) is 0 Å². The van der Waals surface area contributed by atoms with Gasteiger partial charge in [-0.15, -0.1) is 11.3 Å². The van der Waals surface area contributed by atoms with Gasteiger partial charge in [0.1, 0.15) is 6.54 Å². The summed E-state index contributed by atoms with van der Waals surface area (Å²) >= 11 is 7.17. The minimum atomic E-state index is -0.585. The number of carbonyl (C=O) groups excluding carboxylic acids is 4. The number of hydrazine groups is 1. The number of Topliss-reactive ketones (excluding diaryl/α,β-unsaturated/α-hetero) is 1. The predicted octanol–water partition coefficient (Wildman–Crippen LogP) is 3.45. The summed E-state index contributed by atoms with van der Waals surface area (Å²) in [4.78, 5) is 53.0. The third-order valence-corrected chi connectivity index (χ3v) is 7.27. The second kappa shape index (κ2) is 7.18. The minimum Gasteiger partial charge on any atom is -0.291 e. The molecule has 0 radical (unpaired) electrons.